The average Bonchev–Trinajstić information content (AvgIpc) is 2.77. The number of imide groups is 1. The molecule has 4 amide bonds. The Morgan fingerprint density at radius 1 is 1.35 bits per heavy atom. The normalized spacial score (nSPS) is 22.0. The third-order valence-electron chi connectivity index (χ3n) is 4.79. The standard InChI is InChI=1S/C17H21FN4O3.ClH/c1-17(2)15(24)20-16(25)22(17)10-14(23)21-7-6-19-9-13(21)11-4-3-5-12(18)8-11;/h3-5,8,13,19H,6-7,9-10H2,1-2H3,(H,20,24,25);1H. The smallest absolute Gasteiger partial charge is 0.325 e. The van der Waals surface area contributed by atoms with Crippen LogP contribution in [0.1, 0.15) is 25.5 Å². The van der Waals surface area contributed by atoms with Gasteiger partial charge in [0.2, 0.25) is 5.91 Å². The SMILES string of the molecule is CC1(C)C(=O)NC(=O)N1CC(=O)N1CCNCC1c1cccc(F)c1.Cl. The van der Waals surface area contributed by atoms with Crippen LogP contribution in [0, 0.1) is 5.82 Å². The van der Waals surface area contributed by atoms with Crippen molar-refractivity contribution >= 4 is 30.3 Å². The van der Waals surface area contributed by atoms with E-state index in [-0.39, 0.29) is 36.7 Å². The molecular formula is C17H22ClFN4O3. The Kier molecular flexibility index (Phi) is 5.87. The maximum atomic E-state index is 13.6. The summed E-state index contributed by atoms with van der Waals surface area (Å²) >= 11 is 0. The van der Waals surface area contributed by atoms with Gasteiger partial charge >= 0.3 is 6.03 Å². The summed E-state index contributed by atoms with van der Waals surface area (Å²) in [6.45, 7) is 4.57. The van der Waals surface area contributed by atoms with E-state index in [0.717, 1.165) is 0 Å². The van der Waals surface area contributed by atoms with Gasteiger partial charge in [-0.2, -0.15) is 0 Å². The maximum absolute atomic E-state index is 13.6. The summed E-state index contributed by atoms with van der Waals surface area (Å²) in [5.41, 5.74) is -0.378. The third-order valence-corrected chi connectivity index (χ3v) is 4.79. The summed E-state index contributed by atoms with van der Waals surface area (Å²) in [6, 6.07) is 5.26. The number of amides is 4. The number of hydrogen-bond donors (Lipinski definition) is 2. The number of piperazine rings is 1. The summed E-state index contributed by atoms with van der Waals surface area (Å²) in [7, 11) is 0. The van der Waals surface area contributed by atoms with Gasteiger partial charge in [-0.1, -0.05) is 12.1 Å². The number of halogens is 2. The first kappa shape index (κ1) is 20.1. The number of nitrogens with one attached hydrogen (secondary N) is 2. The molecule has 1 atom stereocenters. The van der Waals surface area contributed by atoms with Crippen LogP contribution in [-0.2, 0) is 9.59 Å². The van der Waals surface area contributed by atoms with Crippen molar-refractivity contribution in [3.63, 3.8) is 0 Å². The number of rotatable bonds is 3. The highest BCUT2D eigenvalue weighted by Gasteiger charge is 2.47. The van der Waals surface area contributed by atoms with Crippen LogP contribution < -0.4 is 10.6 Å². The maximum Gasteiger partial charge on any atom is 0.325 e. The lowest BCUT2D eigenvalue weighted by molar-refractivity contribution is -0.136. The van der Waals surface area contributed by atoms with E-state index in [9.17, 15) is 18.8 Å². The zero-order valence-electron chi connectivity index (χ0n) is 14.6. The van der Waals surface area contributed by atoms with E-state index in [1.54, 1.807) is 30.9 Å². The van der Waals surface area contributed by atoms with Crippen LogP contribution in [0.15, 0.2) is 24.3 Å². The quantitative estimate of drug-likeness (QED) is 0.763. The van der Waals surface area contributed by atoms with Crippen molar-refractivity contribution in [3.8, 4) is 0 Å². The minimum Gasteiger partial charge on any atom is -0.332 e. The fourth-order valence-corrected chi connectivity index (χ4v) is 3.20. The summed E-state index contributed by atoms with van der Waals surface area (Å²) in [5.74, 6) is -1.05. The van der Waals surface area contributed by atoms with E-state index >= 15 is 0 Å². The molecule has 142 valence electrons. The summed E-state index contributed by atoms with van der Waals surface area (Å²) in [5, 5.41) is 5.43. The van der Waals surface area contributed by atoms with E-state index in [0.29, 0.717) is 25.2 Å². The molecule has 2 saturated heterocycles. The molecule has 2 aliphatic heterocycles. The van der Waals surface area contributed by atoms with E-state index in [1.807, 2.05) is 0 Å². The van der Waals surface area contributed by atoms with Gasteiger partial charge in [0.15, 0.2) is 0 Å². The van der Waals surface area contributed by atoms with Gasteiger partial charge in [-0.3, -0.25) is 14.9 Å². The Bertz CT molecular complexity index is 728. The summed E-state index contributed by atoms with van der Waals surface area (Å²) in [4.78, 5) is 39.5. The Morgan fingerprint density at radius 3 is 2.69 bits per heavy atom. The Morgan fingerprint density at radius 2 is 2.08 bits per heavy atom. The molecule has 0 radical (unpaired) electrons. The lowest BCUT2D eigenvalue weighted by Crippen LogP contribution is -2.54. The lowest BCUT2D eigenvalue weighted by Gasteiger charge is -2.38. The summed E-state index contributed by atoms with van der Waals surface area (Å²) < 4.78 is 13.6. The summed E-state index contributed by atoms with van der Waals surface area (Å²) in [6.07, 6.45) is 0. The minimum atomic E-state index is -1.07. The highest BCUT2D eigenvalue weighted by Crippen LogP contribution is 2.25. The van der Waals surface area contributed by atoms with Crippen LogP contribution in [0.4, 0.5) is 9.18 Å². The zero-order chi connectivity index (χ0) is 18.2. The molecule has 0 aromatic heterocycles. The molecule has 3 rings (SSSR count). The highest BCUT2D eigenvalue weighted by molar-refractivity contribution is 6.07. The predicted octanol–water partition coefficient (Wildman–Crippen LogP) is 1.05. The molecular weight excluding hydrogens is 363 g/mol. The second-order valence-corrected chi connectivity index (χ2v) is 6.77. The first-order valence-corrected chi connectivity index (χ1v) is 8.19. The van der Waals surface area contributed by atoms with E-state index in [4.69, 9.17) is 0 Å². The van der Waals surface area contributed by atoms with E-state index in [1.165, 1.54) is 17.0 Å². The molecule has 1 unspecified atom stereocenters. The second-order valence-electron chi connectivity index (χ2n) is 6.77. The number of carbonyl (C=O) groups excluding carboxylic acids is 3. The predicted molar refractivity (Wildman–Crippen MR) is 95.3 cm³/mol. The minimum absolute atomic E-state index is 0. The third kappa shape index (κ3) is 3.66. The molecule has 2 N–H and O–H groups in total. The van der Waals surface area contributed by atoms with Crippen molar-refractivity contribution in [3.05, 3.63) is 35.6 Å². The van der Waals surface area contributed by atoms with E-state index in [2.05, 4.69) is 10.6 Å². The van der Waals surface area contributed by atoms with Crippen molar-refractivity contribution < 1.29 is 18.8 Å². The monoisotopic (exact) mass is 384 g/mol. The first-order valence-electron chi connectivity index (χ1n) is 8.19. The van der Waals surface area contributed by atoms with Gasteiger partial charge in [-0.15, -0.1) is 12.4 Å². The van der Waals surface area contributed by atoms with Crippen LogP contribution in [0.5, 0.6) is 0 Å². The van der Waals surface area contributed by atoms with Gasteiger partial charge in [0.05, 0.1) is 6.04 Å². The van der Waals surface area contributed by atoms with Crippen LogP contribution in [-0.4, -0.2) is 59.4 Å². The highest BCUT2D eigenvalue weighted by atomic mass is 35.5. The molecule has 1 aromatic rings. The molecule has 0 bridgehead atoms. The number of nitrogens with zero attached hydrogens (tertiary/aromatic N) is 2. The molecule has 26 heavy (non-hydrogen) atoms. The number of benzene rings is 1. The Labute approximate surface area is 157 Å². The average molecular weight is 385 g/mol. The number of urea groups is 1. The zero-order valence-corrected chi connectivity index (χ0v) is 15.4. The molecule has 2 fully saturated rings. The van der Waals surface area contributed by atoms with Crippen molar-refractivity contribution in [2.45, 2.75) is 25.4 Å². The number of hydrogen-bond acceptors (Lipinski definition) is 4. The van der Waals surface area contributed by atoms with Crippen molar-refractivity contribution in [1.29, 1.82) is 0 Å². The van der Waals surface area contributed by atoms with Crippen molar-refractivity contribution in [2.24, 2.45) is 0 Å². The van der Waals surface area contributed by atoms with Gasteiger partial charge in [0, 0.05) is 19.6 Å². The Balaban J connectivity index is 0.00000243. The van der Waals surface area contributed by atoms with Crippen LogP contribution in [0.25, 0.3) is 0 Å². The van der Waals surface area contributed by atoms with Crippen molar-refractivity contribution in [2.75, 3.05) is 26.2 Å². The second kappa shape index (κ2) is 7.59. The van der Waals surface area contributed by atoms with E-state index < -0.39 is 17.5 Å². The molecule has 0 saturated carbocycles. The molecule has 9 heteroatoms. The van der Waals surface area contributed by atoms with Crippen LogP contribution in [0.2, 0.25) is 0 Å². The van der Waals surface area contributed by atoms with Gasteiger partial charge in [-0.05, 0) is 31.5 Å². The van der Waals surface area contributed by atoms with Gasteiger partial charge < -0.3 is 15.1 Å². The fourth-order valence-electron chi connectivity index (χ4n) is 3.20. The molecule has 1 aromatic carbocycles. The molecule has 0 aliphatic carbocycles. The Hall–Kier alpha value is -2.19. The molecule has 0 spiro atoms. The molecule has 2 aliphatic rings. The number of carbonyl (C=O) groups is 3. The molecule has 7 nitrogen and oxygen atoms in total. The topological polar surface area (TPSA) is 81.8 Å². The van der Waals surface area contributed by atoms with Crippen molar-refractivity contribution in [1.82, 2.24) is 20.4 Å². The fraction of sp³-hybridized carbons (Fsp3) is 0.471. The van der Waals surface area contributed by atoms with Crippen LogP contribution >= 0.6 is 12.4 Å². The van der Waals surface area contributed by atoms with Crippen LogP contribution in [0.3, 0.4) is 0 Å². The van der Waals surface area contributed by atoms with Gasteiger partial charge in [-0.25, -0.2) is 9.18 Å². The largest absolute Gasteiger partial charge is 0.332 e. The lowest BCUT2D eigenvalue weighted by atomic mass is 10.0. The first-order chi connectivity index (χ1) is 11.8. The van der Waals surface area contributed by atoms with Gasteiger partial charge in [0.1, 0.15) is 17.9 Å². The van der Waals surface area contributed by atoms with Gasteiger partial charge in [0.25, 0.3) is 5.91 Å². The molecule has 2 heterocycles.